The van der Waals surface area contributed by atoms with Crippen molar-refractivity contribution in [2.24, 2.45) is 0 Å². The minimum Gasteiger partial charge on any atom is -0.309 e. The average Bonchev–Trinajstić information content (AvgIpc) is 3.06. The topological polar surface area (TPSA) is 34.9 Å². The number of hydrogen-bond donors (Lipinski definition) is 0. The average molecular weight is 372 g/mol. The van der Waals surface area contributed by atoms with Gasteiger partial charge in [-0.15, -0.1) is 0 Å². The van der Waals surface area contributed by atoms with Crippen LogP contribution in [0, 0.1) is 13.8 Å². The Morgan fingerprint density at radius 1 is 0.741 bits per heavy atom. The van der Waals surface area contributed by atoms with Gasteiger partial charge in [0.25, 0.3) is 0 Å². The van der Waals surface area contributed by atoms with Crippen molar-refractivity contribution in [1.29, 1.82) is 0 Å². The van der Waals surface area contributed by atoms with Gasteiger partial charge in [0.15, 0.2) is 7.14 Å². The molecule has 0 saturated carbocycles. The third-order valence-electron chi connectivity index (χ3n) is 4.70. The summed E-state index contributed by atoms with van der Waals surface area (Å²) in [6, 6.07) is 29.4. The van der Waals surface area contributed by atoms with E-state index in [9.17, 15) is 4.57 Å². The zero-order chi connectivity index (χ0) is 18.9. The Morgan fingerprint density at radius 3 is 1.78 bits per heavy atom. The van der Waals surface area contributed by atoms with Crippen LogP contribution in [-0.2, 0) is 4.57 Å². The predicted octanol–water partition coefficient (Wildman–Crippen LogP) is 4.13. The molecule has 0 radical (unpaired) electrons. The Hall–Kier alpha value is -2.90. The van der Waals surface area contributed by atoms with E-state index in [0.29, 0.717) is 0 Å². The Bertz CT molecular complexity index is 1070. The van der Waals surface area contributed by atoms with Crippen LogP contribution < -0.4 is 15.9 Å². The van der Waals surface area contributed by atoms with Crippen molar-refractivity contribution in [3.8, 4) is 5.69 Å². The van der Waals surface area contributed by atoms with Crippen LogP contribution in [0.15, 0.2) is 91.0 Å². The van der Waals surface area contributed by atoms with Crippen molar-refractivity contribution in [2.75, 3.05) is 0 Å². The summed E-state index contributed by atoms with van der Waals surface area (Å²) in [5.41, 5.74) is 2.82. The van der Waals surface area contributed by atoms with Crippen molar-refractivity contribution in [3.05, 3.63) is 102 Å². The monoisotopic (exact) mass is 372 g/mol. The van der Waals surface area contributed by atoms with E-state index in [4.69, 9.17) is 0 Å². The van der Waals surface area contributed by atoms with Crippen molar-refractivity contribution in [3.63, 3.8) is 0 Å². The summed E-state index contributed by atoms with van der Waals surface area (Å²) in [6.07, 6.45) is 0. The van der Waals surface area contributed by atoms with E-state index >= 15 is 0 Å². The summed E-state index contributed by atoms with van der Waals surface area (Å²) in [5, 5.41) is 7.09. The molecule has 3 aromatic carbocycles. The summed E-state index contributed by atoms with van der Waals surface area (Å²) in [5.74, 6) is 0. The van der Waals surface area contributed by atoms with E-state index in [-0.39, 0.29) is 0 Å². The first-order valence-electron chi connectivity index (χ1n) is 8.95. The molecule has 3 nitrogen and oxygen atoms in total. The van der Waals surface area contributed by atoms with E-state index in [0.717, 1.165) is 33.0 Å². The number of aromatic nitrogens is 2. The lowest BCUT2D eigenvalue weighted by Crippen LogP contribution is -2.28. The van der Waals surface area contributed by atoms with E-state index in [1.807, 2.05) is 110 Å². The quantitative estimate of drug-likeness (QED) is 0.505. The number of nitrogens with zero attached hydrogens (tertiary/aromatic N) is 2. The van der Waals surface area contributed by atoms with Crippen LogP contribution in [0.25, 0.3) is 5.69 Å². The molecule has 0 amide bonds. The smallest absolute Gasteiger partial charge is 0.173 e. The van der Waals surface area contributed by atoms with Crippen LogP contribution >= 0.6 is 7.14 Å². The Morgan fingerprint density at radius 2 is 1.26 bits per heavy atom. The van der Waals surface area contributed by atoms with Crippen LogP contribution in [0.2, 0.25) is 0 Å². The molecule has 0 N–H and O–H groups in total. The molecule has 4 heteroatoms. The molecule has 0 aliphatic heterocycles. The van der Waals surface area contributed by atoms with Crippen LogP contribution in [0.5, 0.6) is 0 Å². The zero-order valence-electron chi connectivity index (χ0n) is 15.4. The normalized spacial score (nSPS) is 11.5. The molecule has 0 bridgehead atoms. The number of rotatable bonds is 4. The summed E-state index contributed by atoms with van der Waals surface area (Å²) in [7, 11) is -3.05. The molecule has 0 atom stereocenters. The zero-order valence-corrected chi connectivity index (χ0v) is 16.3. The lowest BCUT2D eigenvalue weighted by atomic mass is 10.3. The minimum absolute atomic E-state index is 0.800. The van der Waals surface area contributed by atoms with Crippen LogP contribution in [-0.4, -0.2) is 9.78 Å². The Kier molecular flexibility index (Phi) is 4.55. The summed E-state index contributed by atoms with van der Waals surface area (Å²) >= 11 is 0. The van der Waals surface area contributed by atoms with Gasteiger partial charge in [-0.3, -0.25) is 0 Å². The van der Waals surface area contributed by atoms with Crippen molar-refractivity contribution in [2.45, 2.75) is 13.8 Å². The minimum atomic E-state index is -3.05. The van der Waals surface area contributed by atoms with Crippen LogP contribution in [0.3, 0.4) is 0 Å². The highest BCUT2D eigenvalue weighted by Gasteiger charge is 2.32. The van der Waals surface area contributed by atoms with Gasteiger partial charge in [0.2, 0.25) is 0 Å². The SMILES string of the molecule is Cc1cc(C)n(-c2ccccc2P(=O)(c2ccccc2)c2ccccc2)n1. The first-order valence-corrected chi connectivity index (χ1v) is 10.7. The van der Waals surface area contributed by atoms with Crippen LogP contribution in [0.4, 0.5) is 0 Å². The first-order chi connectivity index (χ1) is 13.1. The first kappa shape index (κ1) is 17.5. The second-order valence-corrected chi connectivity index (χ2v) is 9.34. The summed E-state index contributed by atoms with van der Waals surface area (Å²) < 4.78 is 16.6. The largest absolute Gasteiger partial charge is 0.309 e. The number of para-hydroxylation sites is 1. The third kappa shape index (κ3) is 3.05. The van der Waals surface area contributed by atoms with Crippen molar-refractivity contribution < 1.29 is 4.57 Å². The molecule has 0 spiro atoms. The lowest BCUT2D eigenvalue weighted by Gasteiger charge is -2.23. The Labute approximate surface area is 159 Å². The molecule has 4 rings (SSSR count). The molecular weight excluding hydrogens is 351 g/mol. The van der Waals surface area contributed by atoms with Gasteiger partial charge in [0, 0.05) is 21.6 Å². The Balaban J connectivity index is 2.04. The van der Waals surface area contributed by atoms with Gasteiger partial charge in [0.1, 0.15) is 0 Å². The van der Waals surface area contributed by atoms with Gasteiger partial charge in [-0.25, -0.2) is 4.68 Å². The summed E-state index contributed by atoms with van der Waals surface area (Å²) in [6.45, 7) is 3.99. The van der Waals surface area contributed by atoms with E-state index in [1.165, 1.54) is 0 Å². The number of benzene rings is 3. The second-order valence-electron chi connectivity index (χ2n) is 6.61. The lowest BCUT2D eigenvalue weighted by molar-refractivity contribution is 0.592. The molecule has 27 heavy (non-hydrogen) atoms. The predicted molar refractivity (Wildman–Crippen MR) is 112 cm³/mol. The van der Waals surface area contributed by atoms with Gasteiger partial charge in [-0.2, -0.15) is 5.10 Å². The highest BCUT2D eigenvalue weighted by Crippen LogP contribution is 2.43. The molecule has 0 fully saturated rings. The third-order valence-corrected chi connectivity index (χ3v) is 7.81. The van der Waals surface area contributed by atoms with Crippen LogP contribution in [0.1, 0.15) is 11.4 Å². The second kappa shape index (κ2) is 7.02. The van der Waals surface area contributed by atoms with Gasteiger partial charge in [-0.1, -0.05) is 72.8 Å². The number of aryl methyl sites for hydroxylation is 2. The van der Waals surface area contributed by atoms with Gasteiger partial charge in [0.05, 0.1) is 11.4 Å². The molecule has 134 valence electrons. The van der Waals surface area contributed by atoms with E-state index < -0.39 is 7.14 Å². The molecular formula is C23H21N2OP. The van der Waals surface area contributed by atoms with Gasteiger partial charge in [-0.05, 0) is 32.0 Å². The maximum Gasteiger partial charge on any atom is 0.173 e. The molecule has 4 aromatic rings. The molecule has 1 aromatic heterocycles. The van der Waals surface area contributed by atoms with E-state index in [2.05, 4.69) is 5.10 Å². The van der Waals surface area contributed by atoms with Crippen molar-refractivity contribution >= 4 is 23.1 Å². The fourth-order valence-electron chi connectivity index (χ4n) is 3.49. The molecule has 0 aliphatic rings. The number of hydrogen-bond acceptors (Lipinski definition) is 2. The van der Waals surface area contributed by atoms with Gasteiger partial charge >= 0.3 is 0 Å². The molecule has 0 saturated heterocycles. The highest BCUT2D eigenvalue weighted by molar-refractivity contribution is 7.85. The summed E-state index contributed by atoms with van der Waals surface area (Å²) in [4.78, 5) is 0. The standard InChI is InChI=1S/C23H21N2OP/c1-18-17-19(2)25(24-18)22-15-9-10-16-23(22)27(26,20-11-5-3-6-12-20)21-13-7-4-8-14-21/h3-17H,1-2H3. The van der Waals surface area contributed by atoms with Crippen molar-refractivity contribution in [1.82, 2.24) is 9.78 Å². The van der Waals surface area contributed by atoms with E-state index in [1.54, 1.807) is 0 Å². The molecule has 0 aliphatic carbocycles. The fraction of sp³-hybridized carbons (Fsp3) is 0.0870. The maximum absolute atomic E-state index is 14.7. The molecule has 0 unspecified atom stereocenters. The molecule has 1 heterocycles. The maximum atomic E-state index is 14.7. The fourth-order valence-corrected chi connectivity index (χ4v) is 6.31. The van der Waals surface area contributed by atoms with Gasteiger partial charge < -0.3 is 4.57 Å². The highest BCUT2D eigenvalue weighted by atomic mass is 31.2.